The maximum Gasteiger partial charge on any atom is 0.273 e. The van der Waals surface area contributed by atoms with E-state index < -0.39 is 23.8 Å². The average Bonchev–Trinajstić information content (AvgIpc) is 3.56. The summed E-state index contributed by atoms with van der Waals surface area (Å²) in [4.78, 5) is 40.8. The lowest BCUT2D eigenvalue weighted by molar-refractivity contribution is -0.123. The van der Waals surface area contributed by atoms with E-state index in [0.717, 1.165) is 12.8 Å². The third-order valence-corrected chi connectivity index (χ3v) is 6.81. The fourth-order valence-electron chi connectivity index (χ4n) is 4.12. The third-order valence-electron chi connectivity index (χ3n) is 5.96. The zero-order valence-electron chi connectivity index (χ0n) is 20.0. The van der Waals surface area contributed by atoms with Crippen molar-refractivity contribution in [2.45, 2.75) is 25.0 Å². The molecule has 3 amide bonds. The van der Waals surface area contributed by atoms with Gasteiger partial charge in [0.25, 0.3) is 11.8 Å². The van der Waals surface area contributed by atoms with Gasteiger partial charge in [-0.2, -0.15) is 4.37 Å². The van der Waals surface area contributed by atoms with E-state index in [1.165, 1.54) is 24.1 Å². The predicted octanol–water partition coefficient (Wildman–Crippen LogP) is 2.22. The minimum atomic E-state index is -1.20. The van der Waals surface area contributed by atoms with Crippen LogP contribution >= 0.6 is 11.5 Å². The summed E-state index contributed by atoms with van der Waals surface area (Å²) < 4.78 is 15.1. The average molecular weight is 526 g/mol. The molecule has 0 radical (unpaired) electrons. The summed E-state index contributed by atoms with van der Waals surface area (Å²) in [6.07, 6.45) is 1.59. The van der Waals surface area contributed by atoms with Gasteiger partial charge in [-0.05, 0) is 54.2 Å². The van der Waals surface area contributed by atoms with Crippen LogP contribution in [0.25, 0.3) is 0 Å². The molecule has 0 aliphatic carbocycles. The van der Waals surface area contributed by atoms with Crippen LogP contribution in [0.5, 0.6) is 11.5 Å². The molecule has 194 valence electrons. The fourth-order valence-corrected chi connectivity index (χ4v) is 4.87. The van der Waals surface area contributed by atoms with E-state index in [2.05, 4.69) is 9.69 Å². The number of nitrogens with zero attached hydrogens (tertiary/aromatic N) is 2. The zero-order valence-corrected chi connectivity index (χ0v) is 20.9. The Morgan fingerprint density at radius 1 is 1.24 bits per heavy atom. The molecule has 0 unspecified atom stereocenters. The zero-order chi connectivity index (χ0) is 26.5. The third kappa shape index (κ3) is 5.49. The molecule has 1 aromatic heterocycles. The molecule has 0 saturated carbocycles. The molecule has 6 N–H and O–H groups in total. The molecule has 1 fully saturated rings. The van der Waals surface area contributed by atoms with Gasteiger partial charge in [0.2, 0.25) is 5.91 Å². The number of phenolic OH excluding ortho intramolecular Hbond substituents is 1. The standard InChI is InChI=1S/C25H27N5O6S/c1-35-18-7-3-2-6-17(18)30(25(34)22-19(26)20(23(27)32)29-37-22)21(14-8-10-15(31)11-9-14)24(33)28-13-16-5-4-12-36-16/h2-3,6-11,16,21,31H,4-5,12-13,26H2,1H3,(H2,27,32)(H,28,33)/t16-,21+/m1/s1. The van der Waals surface area contributed by atoms with Crippen LogP contribution in [0, 0.1) is 0 Å². The smallest absolute Gasteiger partial charge is 0.273 e. The predicted molar refractivity (Wildman–Crippen MR) is 138 cm³/mol. The number of nitrogens with two attached hydrogens (primary N) is 2. The Kier molecular flexibility index (Phi) is 7.89. The van der Waals surface area contributed by atoms with Gasteiger partial charge >= 0.3 is 0 Å². The molecule has 12 heteroatoms. The van der Waals surface area contributed by atoms with Crippen molar-refractivity contribution in [2.75, 3.05) is 30.9 Å². The number of nitrogens with one attached hydrogen (secondary N) is 1. The topological polar surface area (TPSA) is 170 Å². The summed E-state index contributed by atoms with van der Waals surface area (Å²) in [5, 5.41) is 12.7. The minimum Gasteiger partial charge on any atom is -0.508 e. The van der Waals surface area contributed by atoms with Gasteiger partial charge < -0.3 is 31.4 Å². The van der Waals surface area contributed by atoms with Gasteiger partial charge in [-0.1, -0.05) is 24.3 Å². The summed E-state index contributed by atoms with van der Waals surface area (Å²) in [5.41, 5.74) is 11.7. The number of primary amides is 1. The van der Waals surface area contributed by atoms with E-state index in [4.69, 9.17) is 20.9 Å². The highest BCUT2D eigenvalue weighted by Gasteiger charge is 2.37. The second-order valence-corrected chi connectivity index (χ2v) is 9.13. The monoisotopic (exact) mass is 525 g/mol. The Labute approximate surface area is 217 Å². The number of hydrogen-bond donors (Lipinski definition) is 4. The second-order valence-electron chi connectivity index (χ2n) is 8.36. The van der Waals surface area contributed by atoms with Crippen LogP contribution in [0.4, 0.5) is 11.4 Å². The van der Waals surface area contributed by atoms with Crippen LogP contribution in [0.3, 0.4) is 0 Å². The number of aromatic nitrogens is 1. The van der Waals surface area contributed by atoms with Gasteiger partial charge in [0.05, 0.1) is 24.6 Å². The number of benzene rings is 2. The van der Waals surface area contributed by atoms with Crippen molar-refractivity contribution in [3.63, 3.8) is 0 Å². The molecule has 0 bridgehead atoms. The highest BCUT2D eigenvalue weighted by molar-refractivity contribution is 7.09. The first-order chi connectivity index (χ1) is 17.8. The molecular weight excluding hydrogens is 498 g/mol. The normalized spacial score (nSPS) is 15.6. The fraction of sp³-hybridized carbons (Fsp3) is 0.280. The number of carbonyl (C=O) groups excluding carboxylic acids is 3. The van der Waals surface area contributed by atoms with Crippen molar-refractivity contribution in [1.82, 2.24) is 9.69 Å². The summed E-state index contributed by atoms with van der Waals surface area (Å²) in [5.74, 6) is -1.72. The highest BCUT2D eigenvalue weighted by atomic mass is 32.1. The quantitative estimate of drug-likeness (QED) is 0.329. The van der Waals surface area contributed by atoms with Crippen molar-refractivity contribution in [3.05, 3.63) is 64.7 Å². The Morgan fingerprint density at radius 3 is 2.59 bits per heavy atom. The number of methoxy groups -OCH3 is 1. The highest BCUT2D eigenvalue weighted by Crippen LogP contribution is 2.38. The van der Waals surface area contributed by atoms with Crippen molar-refractivity contribution in [2.24, 2.45) is 5.73 Å². The first-order valence-corrected chi connectivity index (χ1v) is 12.3. The Balaban J connectivity index is 1.84. The maximum absolute atomic E-state index is 14.1. The van der Waals surface area contributed by atoms with Crippen LogP contribution in [0.1, 0.15) is 44.6 Å². The van der Waals surface area contributed by atoms with E-state index in [1.807, 2.05) is 0 Å². The summed E-state index contributed by atoms with van der Waals surface area (Å²) in [6, 6.07) is 11.4. The number of aromatic hydroxyl groups is 1. The SMILES string of the molecule is COc1ccccc1N(C(=O)c1snc(C(N)=O)c1N)[C@H](C(=O)NC[C@H]1CCCO1)c1ccc(O)cc1. The number of carbonyl (C=O) groups is 3. The Bertz CT molecular complexity index is 1290. The lowest BCUT2D eigenvalue weighted by Gasteiger charge is -2.32. The molecule has 3 aromatic rings. The van der Waals surface area contributed by atoms with Crippen LogP contribution in [-0.4, -0.2) is 53.6 Å². The number of para-hydroxylation sites is 2. The number of hydrogen-bond acceptors (Lipinski definition) is 9. The van der Waals surface area contributed by atoms with E-state index in [9.17, 15) is 19.5 Å². The summed E-state index contributed by atoms with van der Waals surface area (Å²) >= 11 is 0.710. The molecular formula is C25H27N5O6S. The molecule has 1 aliphatic heterocycles. The number of anilines is 2. The van der Waals surface area contributed by atoms with Gasteiger partial charge in [-0.15, -0.1) is 0 Å². The van der Waals surface area contributed by atoms with Gasteiger partial charge in [0, 0.05) is 13.2 Å². The Morgan fingerprint density at radius 2 is 1.97 bits per heavy atom. The number of rotatable bonds is 9. The molecule has 2 aromatic carbocycles. The molecule has 11 nitrogen and oxygen atoms in total. The molecule has 1 aliphatic rings. The minimum absolute atomic E-state index is 0.00441. The van der Waals surface area contributed by atoms with Crippen molar-refractivity contribution >= 4 is 40.6 Å². The first kappa shape index (κ1) is 25.9. The summed E-state index contributed by atoms with van der Waals surface area (Å²) in [6.45, 7) is 0.885. The lowest BCUT2D eigenvalue weighted by atomic mass is 10.0. The Hall–Kier alpha value is -4.16. The first-order valence-electron chi connectivity index (χ1n) is 11.5. The second kappa shape index (κ2) is 11.3. The molecule has 0 spiro atoms. The molecule has 2 atom stereocenters. The van der Waals surface area contributed by atoms with Gasteiger partial charge in [-0.3, -0.25) is 19.3 Å². The molecule has 37 heavy (non-hydrogen) atoms. The molecule has 2 heterocycles. The largest absolute Gasteiger partial charge is 0.508 e. The van der Waals surface area contributed by atoms with E-state index in [1.54, 1.807) is 36.4 Å². The maximum atomic E-state index is 14.1. The number of nitrogen functional groups attached to an aromatic ring is 1. The van der Waals surface area contributed by atoms with E-state index >= 15 is 0 Å². The summed E-state index contributed by atoms with van der Waals surface area (Å²) in [7, 11) is 1.45. The van der Waals surface area contributed by atoms with Crippen LogP contribution in [-0.2, 0) is 9.53 Å². The van der Waals surface area contributed by atoms with E-state index in [-0.39, 0.29) is 40.3 Å². The van der Waals surface area contributed by atoms with Crippen LogP contribution in [0.15, 0.2) is 48.5 Å². The molecule has 4 rings (SSSR count). The van der Waals surface area contributed by atoms with Gasteiger partial charge in [0.1, 0.15) is 22.4 Å². The number of phenols is 1. The molecule has 1 saturated heterocycles. The van der Waals surface area contributed by atoms with Gasteiger partial charge in [-0.25, -0.2) is 0 Å². The van der Waals surface area contributed by atoms with Crippen LogP contribution in [0.2, 0.25) is 0 Å². The van der Waals surface area contributed by atoms with Crippen molar-refractivity contribution in [1.29, 1.82) is 0 Å². The number of amides is 3. The van der Waals surface area contributed by atoms with Crippen molar-refractivity contribution < 1.29 is 29.0 Å². The van der Waals surface area contributed by atoms with E-state index in [0.29, 0.717) is 29.5 Å². The van der Waals surface area contributed by atoms with Crippen LogP contribution < -0.4 is 26.4 Å². The lowest BCUT2D eigenvalue weighted by Crippen LogP contribution is -2.45. The number of ether oxygens (including phenoxy) is 2. The van der Waals surface area contributed by atoms with Crippen molar-refractivity contribution in [3.8, 4) is 11.5 Å². The van der Waals surface area contributed by atoms with Gasteiger partial charge in [0.15, 0.2) is 5.69 Å².